The van der Waals surface area contributed by atoms with Crippen molar-refractivity contribution in [3.8, 4) is 11.5 Å². The zero-order valence-electron chi connectivity index (χ0n) is 17.5. The number of benzene rings is 1. The van der Waals surface area contributed by atoms with Gasteiger partial charge in [-0.05, 0) is 79.8 Å². The minimum Gasteiger partial charge on any atom is -0.493 e. The van der Waals surface area contributed by atoms with Crippen LogP contribution in [-0.2, 0) is 11.8 Å². The molecule has 2 atom stereocenters. The van der Waals surface area contributed by atoms with Gasteiger partial charge in [-0.3, -0.25) is 4.98 Å². The fourth-order valence-electron chi connectivity index (χ4n) is 4.93. The third kappa shape index (κ3) is 4.10. The second-order valence-electron chi connectivity index (χ2n) is 8.22. The van der Waals surface area contributed by atoms with Crippen molar-refractivity contribution < 1.29 is 9.47 Å². The Labute approximate surface area is 174 Å². The van der Waals surface area contributed by atoms with Crippen LogP contribution in [0.25, 0.3) is 0 Å². The summed E-state index contributed by atoms with van der Waals surface area (Å²) in [6.07, 6.45) is 20.0. The second-order valence-corrected chi connectivity index (χ2v) is 8.22. The number of rotatable bonds is 7. The summed E-state index contributed by atoms with van der Waals surface area (Å²) in [5.74, 6) is 2.14. The summed E-state index contributed by atoms with van der Waals surface area (Å²) in [6, 6.07) is 10.8. The van der Waals surface area contributed by atoms with Crippen molar-refractivity contribution in [2.45, 2.75) is 57.0 Å². The molecule has 0 radical (unpaired) electrons. The molecule has 3 nitrogen and oxygen atoms in total. The Bertz CT molecular complexity index is 868. The number of allylic oxidation sites excluding steroid dienone is 4. The van der Waals surface area contributed by atoms with E-state index in [1.807, 2.05) is 12.4 Å². The molecular weight excluding hydrogens is 358 g/mol. The van der Waals surface area contributed by atoms with E-state index >= 15 is 0 Å². The molecule has 0 spiro atoms. The first-order chi connectivity index (χ1) is 14.2. The Morgan fingerprint density at radius 1 is 1.03 bits per heavy atom. The van der Waals surface area contributed by atoms with Gasteiger partial charge in [-0.15, -0.1) is 0 Å². The molecule has 152 valence electrons. The predicted molar refractivity (Wildman–Crippen MR) is 118 cm³/mol. The molecule has 1 aromatic heterocycles. The molecule has 0 aliphatic heterocycles. The Morgan fingerprint density at radius 2 is 1.83 bits per heavy atom. The molecule has 29 heavy (non-hydrogen) atoms. The van der Waals surface area contributed by atoms with Gasteiger partial charge in [-0.25, -0.2) is 0 Å². The number of hydrogen-bond acceptors (Lipinski definition) is 3. The molecule has 1 heterocycles. The normalized spacial score (nSPS) is 24.0. The predicted octanol–water partition coefficient (Wildman–Crippen LogP) is 6.04. The molecule has 1 saturated carbocycles. The Hall–Kier alpha value is -2.55. The standard InChI is InChI=1S/C26H31NO2/c1-3-21-8-6-7-15-26(21,22-13-16-27-17-14-22)19-20-11-12-24(28-2)25(18-20)29-23-9-4-5-10-23/h6-8,11-18,21,23H,3-5,9-10,19H2,1-2H3/t21-,26?/m1/s1. The van der Waals surface area contributed by atoms with Crippen molar-refractivity contribution in [2.75, 3.05) is 7.11 Å². The first-order valence-electron chi connectivity index (χ1n) is 10.9. The summed E-state index contributed by atoms with van der Waals surface area (Å²) in [6.45, 7) is 2.27. The van der Waals surface area contributed by atoms with Crippen LogP contribution in [0.4, 0.5) is 0 Å². The van der Waals surface area contributed by atoms with Gasteiger partial charge in [0.05, 0.1) is 13.2 Å². The van der Waals surface area contributed by atoms with E-state index in [0.717, 1.165) is 37.2 Å². The molecule has 2 aliphatic rings. The van der Waals surface area contributed by atoms with E-state index in [1.54, 1.807) is 7.11 Å². The Balaban J connectivity index is 1.69. The van der Waals surface area contributed by atoms with Crippen molar-refractivity contribution in [2.24, 2.45) is 5.92 Å². The van der Waals surface area contributed by atoms with E-state index in [0.29, 0.717) is 12.0 Å². The topological polar surface area (TPSA) is 31.4 Å². The summed E-state index contributed by atoms with van der Waals surface area (Å²) >= 11 is 0. The summed E-state index contributed by atoms with van der Waals surface area (Å²) in [7, 11) is 1.72. The van der Waals surface area contributed by atoms with Crippen LogP contribution in [-0.4, -0.2) is 18.2 Å². The smallest absolute Gasteiger partial charge is 0.161 e. The zero-order chi connectivity index (χ0) is 20.1. The summed E-state index contributed by atoms with van der Waals surface area (Å²) in [5.41, 5.74) is 2.51. The van der Waals surface area contributed by atoms with Gasteiger partial charge in [0, 0.05) is 17.8 Å². The highest BCUT2D eigenvalue weighted by molar-refractivity contribution is 5.46. The monoisotopic (exact) mass is 389 g/mol. The van der Waals surface area contributed by atoms with Crippen LogP contribution in [0.1, 0.15) is 50.2 Å². The Morgan fingerprint density at radius 3 is 2.55 bits per heavy atom. The lowest BCUT2D eigenvalue weighted by Gasteiger charge is -2.39. The molecule has 1 fully saturated rings. The van der Waals surface area contributed by atoms with Crippen LogP contribution in [0.5, 0.6) is 11.5 Å². The van der Waals surface area contributed by atoms with Gasteiger partial charge >= 0.3 is 0 Å². The number of aromatic nitrogens is 1. The van der Waals surface area contributed by atoms with Gasteiger partial charge in [-0.2, -0.15) is 0 Å². The van der Waals surface area contributed by atoms with Gasteiger partial charge in [0.1, 0.15) is 0 Å². The molecule has 2 aromatic rings. The lowest BCUT2D eigenvalue weighted by molar-refractivity contribution is 0.200. The number of ether oxygens (including phenoxy) is 2. The first kappa shape index (κ1) is 19.8. The van der Waals surface area contributed by atoms with Crippen molar-refractivity contribution >= 4 is 0 Å². The molecule has 4 rings (SSSR count). The van der Waals surface area contributed by atoms with Crippen LogP contribution in [0.15, 0.2) is 67.0 Å². The molecule has 0 bridgehead atoms. The van der Waals surface area contributed by atoms with Crippen molar-refractivity contribution in [3.05, 3.63) is 78.2 Å². The first-order valence-corrected chi connectivity index (χ1v) is 10.9. The zero-order valence-corrected chi connectivity index (χ0v) is 17.5. The van der Waals surface area contributed by atoms with E-state index in [-0.39, 0.29) is 5.41 Å². The van der Waals surface area contributed by atoms with Gasteiger partial charge in [0.2, 0.25) is 0 Å². The summed E-state index contributed by atoms with van der Waals surface area (Å²) in [5, 5.41) is 0. The van der Waals surface area contributed by atoms with Crippen molar-refractivity contribution in [3.63, 3.8) is 0 Å². The van der Waals surface area contributed by atoms with Crippen molar-refractivity contribution in [1.29, 1.82) is 0 Å². The molecule has 1 aromatic carbocycles. The van der Waals surface area contributed by atoms with Crippen LogP contribution < -0.4 is 9.47 Å². The average molecular weight is 390 g/mol. The summed E-state index contributed by atoms with van der Waals surface area (Å²) < 4.78 is 11.9. The molecule has 3 heteroatoms. The van der Waals surface area contributed by atoms with E-state index < -0.39 is 0 Å². The molecule has 0 N–H and O–H groups in total. The SMILES string of the molecule is CC[C@@H]1C=CC=CC1(Cc1ccc(OC)c(OC2CCCC2)c1)c1ccncc1. The maximum absolute atomic E-state index is 6.35. The molecule has 0 saturated heterocycles. The number of hydrogen-bond donors (Lipinski definition) is 0. The van der Waals surface area contributed by atoms with Gasteiger partial charge in [0.25, 0.3) is 0 Å². The number of methoxy groups -OCH3 is 1. The van der Waals surface area contributed by atoms with Gasteiger partial charge < -0.3 is 9.47 Å². The largest absolute Gasteiger partial charge is 0.493 e. The number of nitrogens with zero attached hydrogens (tertiary/aromatic N) is 1. The maximum Gasteiger partial charge on any atom is 0.161 e. The van der Waals surface area contributed by atoms with E-state index in [9.17, 15) is 0 Å². The fraction of sp³-hybridized carbons (Fsp3) is 0.423. The molecule has 2 aliphatic carbocycles. The highest BCUT2D eigenvalue weighted by Gasteiger charge is 2.37. The minimum atomic E-state index is -0.0777. The quantitative estimate of drug-likeness (QED) is 0.578. The van der Waals surface area contributed by atoms with Crippen LogP contribution >= 0.6 is 0 Å². The van der Waals surface area contributed by atoms with Crippen LogP contribution in [0.3, 0.4) is 0 Å². The molecule has 0 amide bonds. The third-order valence-corrected chi connectivity index (χ3v) is 6.49. The van der Waals surface area contributed by atoms with E-state index in [4.69, 9.17) is 9.47 Å². The summed E-state index contributed by atoms with van der Waals surface area (Å²) in [4.78, 5) is 4.24. The molecule has 1 unspecified atom stereocenters. The van der Waals surface area contributed by atoms with Crippen LogP contribution in [0.2, 0.25) is 0 Å². The van der Waals surface area contributed by atoms with Crippen LogP contribution in [0, 0.1) is 5.92 Å². The second kappa shape index (κ2) is 8.86. The van der Waals surface area contributed by atoms with E-state index in [2.05, 4.69) is 66.5 Å². The molecular formula is C26H31NO2. The minimum absolute atomic E-state index is 0.0777. The highest BCUT2D eigenvalue weighted by Crippen LogP contribution is 2.43. The number of pyridine rings is 1. The maximum atomic E-state index is 6.35. The van der Waals surface area contributed by atoms with E-state index in [1.165, 1.54) is 24.0 Å². The fourth-order valence-corrected chi connectivity index (χ4v) is 4.93. The Kier molecular flexibility index (Phi) is 6.03. The average Bonchev–Trinajstić information content (AvgIpc) is 3.28. The lowest BCUT2D eigenvalue weighted by atomic mass is 9.64. The third-order valence-electron chi connectivity index (χ3n) is 6.49. The van der Waals surface area contributed by atoms with Crippen molar-refractivity contribution in [1.82, 2.24) is 4.98 Å². The lowest BCUT2D eigenvalue weighted by Crippen LogP contribution is -2.35. The van der Waals surface area contributed by atoms with Gasteiger partial charge in [0.15, 0.2) is 11.5 Å². The highest BCUT2D eigenvalue weighted by atomic mass is 16.5. The van der Waals surface area contributed by atoms with Gasteiger partial charge in [-0.1, -0.05) is 37.3 Å².